The van der Waals surface area contributed by atoms with Crippen LogP contribution in [0.4, 0.5) is 42.8 Å². The molecule has 5 rings (SSSR count). The Kier molecular flexibility index (Phi) is 7.82. The van der Waals surface area contributed by atoms with E-state index in [2.05, 4.69) is 15.4 Å². The molecule has 2 aliphatic heterocycles. The maximum Gasteiger partial charge on any atom is 0.416 e. The van der Waals surface area contributed by atoms with Crippen LogP contribution in [-0.2, 0) is 48.6 Å². The quantitative estimate of drug-likeness (QED) is 0.309. The third kappa shape index (κ3) is 6.71. The molecule has 1 amide bonds. The smallest absolute Gasteiger partial charge is 0.416 e. The van der Waals surface area contributed by atoms with Crippen molar-refractivity contribution in [2.75, 3.05) is 16.3 Å². The molecule has 0 saturated carbocycles. The number of carbonyl (C=O) groups is 1. The van der Waals surface area contributed by atoms with Gasteiger partial charge in [0, 0.05) is 13.1 Å². The lowest BCUT2D eigenvalue weighted by atomic mass is 9.95. The molecule has 2 aromatic carbocycles. The minimum absolute atomic E-state index is 0.00638. The molecule has 0 radical (unpaired) electrons. The first-order chi connectivity index (χ1) is 20.0. The fourth-order valence-corrected chi connectivity index (χ4v) is 5.30. The van der Waals surface area contributed by atoms with Crippen molar-refractivity contribution in [3.8, 4) is 0 Å². The molecular weight excluding hydrogens is 582 g/mol. The SMILES string of the molecule is Cn1nnc(N(Cc2cc(C(F)(F)F)cc(C(F)(F)F)c2)C2CCCN(C(=O)OC(C)(C)C)c3cc4c(cc32)COC4)n1. The number of anilines is 2. The number of ether oxygens (including phenoxy) is 2. The van der Waals surface area contributed by atoms with Crippen LogP contribution in [0, 0.1) is 0 Å². The van der Waals surface area contributed by atoms with Crippen LogP contribution in [0.25, 0.3) is 0 Å². The van der Waals surface area contributed by atoms with Crippen molar-refractivity contribution in [2.45, 2.75) is 77.4 Å². The summed E-state index contributed by atoms with van der Waals surface area (Å²) in [5, 5.41) is 12.2. The van der Waals surface area contributed by atoms with Crippen molar-refractivity contribution >= 4 is 17.7 Å². The van der Waals surface area contributed by atoms with Gasteiger partial charge in [-0.1, -0.05) is 5.10 Å². The van der Waals surface area contributed by atoms with E-state index in [0.717, 1.165) is 15.9 Å². The van der Waals surface area contributed by atoms with Crippen LogP contribution in [0.2, 0.25) is 0 Å². The summed E-state index contributed by atoms with van der Waals surface area (Å²) >= 11 is 0. The molecule has 9 nitrogen and oxygen atoms in total. The van der Waals surface area contributed by atoms with Gasteiger partial charge in [0.05, 0.1) is 43.1 Å². The topological polar surface area (TPSA) is 85.6 Å². The molecule has 0 spiro atoms. The van der Waals surface area contributed by atoms with Gasteiger partial charge in [0.15, 0.2) is 0 Å². The summed E-state index contributed by atoms with van der Waals surface area (Å²) in [6, 6.07) is 4.52. The first kappa shape index (κ1) is 30.6. The summed E-state index contributed by atoms with van der Waals surface area (Å²) in [7, 11) is 1.50. The van der Waals surface area contributed by atoms with Crippen molar-refractivity contribution in [1.82, 2.24) is 20.2 Å². The molecule has 1 unspecified atom stereocenters. The van der Waals surface area contributed by atoms with Gasteiger partial charge in [-0.05, 0) is 91.4 Å². The van der Waals surface area contributed by atoms with Gasteiger partial charge in [-0.25, -0.2) is 4.79 Å². The summed E-state index contributed by atoms with van der Waals surface area (Å²) in [4.78, 5) is 17.5. The second kappa shape index (κ2) is 11.0. The van der Waals surface area contributed by atoms with Crippen molar-refractivity contribution < 1.29 is 40.6 Å². The predicted octanol–water partition coefficient (Wildman–Crippen LogP) is 6.56. The fraction of sp³-hybridized carbons (Fsp3) is 0.500. The Bertz CT molecular complexity index is 1480. The fourth-order valence-electron chi connectivity index (χ4n) is 5.30. The first-order valence-corrected chi connectivity index (χ1v) is 13.5. The Labute approximate surface area is 243 Å². The lowest BCUT2D eigenvalue weighted by Crippen LogP contribution is -2.37. The molecule has 0 N–H and O–H groups in total. The average Bonchev–Trinajstić information content (AvgIpc) is 3.48. The average molecular weight is 613 g/mol. The number of benzene rings is 2. The number of aryl methyl sites for hydroxylation is 1. The van der Waals surface area contributed by atoms with Crippen LogP contribution in [0.3, 0.4) is 0 Å². The maximum atomic E-state index is 13.7. The van der Waals surface area contributed by atoms with Crippen molar-refractivity contribution in [1.29, 1.82) is 0 Å². The van der Waals surface area contributed by atoms with Crippen LogP contribution in [-0.4, -0.2) is 38.4 Å². The third-order valence-electron chi connectivity index (χ3n) is 7.12. The maximum absolute atomic E-state index is 13.7. The van der Waals surface area contributed by atoms with Crippen molar-refractivity contribution in [3.63, 3.8) is 0 Å². The molecular formula is C28H30F6N6O3. The number of alkyl halides is 6. The largest absolute Gasteiger partial charge is 0.443 e. The van der Waals surface area contributed by atoms with Gasteiger partial charge in [0.2, 0.25) is 0 Å². The van der Waals surface area contributed by atoms with E-state index in [4.69, 9.17) is 9.47 Å². The summed E-state index contributed by atoms with van der Waals surface area (Å²) in [5.41, 5.74) is -1.01. The lowest BCUT2D eigenvalue weighted by Gasteiger charge is -2.33. The van der Waals surface area contributed by atoms with E-state index in [1.54, 1.807) is 20.8 Å². The van der Waals surface area contributed by atoms with E-state index in [9.17, 15) is 31.1 Å². The summed E-state index contributed by atoms with van der Waals surface area (Å²) < 4.78 is 93.4. The molecule has 1 atom stereocenters. The van der Waals surface area contributed by atoms with Gasteiger partial charge in [0.25, 0.3) is 5.95 Å². The van der Waals surface area contributed by atoms with Gasteiger partial charge in [-0.3, -0.25) is 4.90 Å². The molecule has 3 heterocycles. The Morgan fingerprint density at radius 2 is 1.63 bits per heavy atom. The van der Waals surface area contributed by atoms with Crippen LogP contribution in [0.15, 0.2) is 30.3 Å². The molecule has 43 heavy (non-hydrogen) atoms. The Morgan fingerprint density at radius 3 is 2.19 bits per heavy atom. The van der Waals surface area contributed by atoms with Crippen LogP contribution in [0.5, 0.6) is 0 Å². The van der Waals surface area contributed by atoms with E-state index in [0.29, 0.717) is 49.4 Å². The molecule has 3 aromatic rings. The normalized spacial score (nSPS) is 17.3. The zero-order valence-corrected chi connectivity index (χ0v) is 23.9. The monoisotopic (exact) mass is 612 g/mol. The second-order valence-electron chi connectivity index (χ2n) is 11.6. The van der Waals surface area contributed by atoms with E-state index >= 15 is 0 Å². The van der Waals surface area contributed by atoms with Crippen LogP contribution in [0.1, 0.15) is 73.0 Å². The van der Waals surface area contributed by atoms with Crippen LogP contribution < -0.4 is 9.80 Å². The number of amides is 1. The van der Waals surface area contributed by atoms with Crippen molar-refractivity contribution in [2.24, 2.45) is 7.05 Å². The van der Waals surface area contributed by atoms with Gasteiger partial charge in [-0.15, -0.1) is 5.10 Å². The number of nitrogens with zero attached hydrogens (tertiary/aromatic N) is 6. The van der Waals surface area contributed by atoms with E-state index < -0.39 is 47.8 Å². The number of tetrazole rings is 1. The highest BCUT2D eigenvalue weighted by atomic mass is 19.4. The molecule has 1 aromatic heterocycles. The van der Waals surface area contributed by atoms with Gasteiger partial charge < -0.3 is 14.4 Å². The predicted molar refractivity (Wildman–Crippen MR) is 142 cm³/mol. The standard InChI is InChI=1S/C28H30F6N6O3/c1-26(2,3)43-25(41)39-7-5-6-22(21-10-17-14-42-15-18(17)11-23(21)39)40(24-35-37-38(4)36-24)13-16-8-19(27(29,30)31)12-20(9-16)28(32,33)34/h8-12,22H,5-7,13-15H2,1-4H3. The number of hydrogen-bond acceptors (Lipinski definition) is 7. The number of aromatic nitrogens is 4. The molecule has 0 aliphatic carbocycles. The van der Waals surface area contributed by atoms with Crippen molar-refractivity contribution in [3.05, 3.63) is 63.7 Å². The Balaban J connectivity index is 1.64. The van der Waals surface area contributed by atoms with E-state index in [1.807, 2.05) is 12.1 Å². The molecule has 0 saturated heterocycles. The lowest BCUT2D eigenvalue weighted by molar-refractivity contribution is -0.143. The highest BCUT2D eigenvalue weighted by molar-refractivity contribution is 5.90. The molecule has 0 fully saturated rings. The Morgan fingerprint density at radius 1 is 1.00 bits per heavy atom. The Hall–Kier alpha value is -3.88. The highest BCUT2D eigenvalue weighted by Gasteiger charge is 2.39. The number of halogens is 6. The first-order valence-electron chi connectivity index (χ1n) is 13.5. The van der Waals surface area contributed by atoms with E-state index in [1.165, 1.54) is 16.8 Å². The third-order valence-corrected chi connectivity index (χ3v) is 7.12. The van der Waals surface area contributed by atoms with Gasteiger partial charge >= 0.3 is 18.4 Å². The highest BCUT2D eigenvalue weighted by Crippen LogP contribution is 2.43. The summed E-state index contributed by atoms with van der Waals surface area (Å²) in [6.07, 6.45) is -9.78. The zero-order valence-electron chi connectivity index (χ0n) is 23.9. The zero-order chi connectivity index (χ0) is 31.3. The summed E-state index contributed by atoms with van der Waals surface area (Å²) in [6.45, 7) is 5.74. The van der Waals surface area contributed by atoms with Gasteiger partial charge in [0.1, 0.15) is 5.60 Å². The number of hydrogen-bond donors (Lipinski definition) is 0. The van der Waals surface area contributed by atoms with Gasteiger partial charge in [-0.2, -0.15) is 31.1 Å². The minimum atomic E-state index is -5.00. The molecule has 15 heteroatoms. The molecule has 2 aliphatic rings. The van der Waals surface area contributed by atoms with Crippen LogP contribution >= 0.6 is 0 Å². The van der Waals surface area contributed by atoms with E-state index in [-0.39, 0.29) is 24.1 Å². The number of rotatable bonds is 4. The summed E-state index contributed by atoms with van der Waals surface area (Å²) in [5.74, 6) is 0.00638. The number of carbonyl (C=O) groups excluding carboxylic acids is 1. The molecule has 232 valence electrons. The molecule has 0 bridgehead atoms. The minimum Gasteiger partial charge on any atom is -0.443 e. The second-order valence-corrected chi connectivity index (χ2v) is 11.6. The number of fused-ring (bicyclic) bond motifs is 2.